The first kappa shape index (κ1) is 22.9. The van der Waals surface area contributed by atoms with E-state index in [4.69, 9.17) is 0 Å². The summed E-state index contributed by atoms with van der Waals surface area (Å²) in [5.74, 6) is -0.0725. The molecule has 0 aromatic heterocycles. The molecule has 2 saturated heterocycles. The number of sulfonamides is 1. The summed E-state index contributed by atoms with van der Waals surface area (Å²) in [6.07, 6.45) is 1.82. The maximum atomic E-state index is 12.8. The standard InChI is InChI=1S/C24H32N4O3S/c1-20(27-17-15-26(16-18-27)19-21-7-3-2-4-8-21)24(29)25-22-9-11-23(12-10-22)32(30,31)28-13-5-6-14-28/h2-4,7-12,20H,5-6,13-19H2,1H3,(H,25,29). The second-order valence-electron chi connectivity index (χ2n) is 8.60. The molecule has 0 spiro atoms. The van der Waals surface area contributed by atoms with E-state index < -0.39 is 10.0 Å². The first-order valence-electron chi connectivity index (χ1n) is 11.3. The van der Waals surface area contributed by atoms with Gasteiger partial charge in [-0.15, -0.1) is 0 Å². The maximum absolute atomic E-state index is 12.8. The van der Waals surface area contributed by atoms with Crippen molar-refractivity contribution >= 4 is 21.6 Å². The van der Waals surface area contributed by atoms with Gasteiger partial charge in [-0.25, -0.2) is 8.42 Å². The molecule has 8 heteroatoms. The van der Waals surface area contributed by atoms with Crippen LogP contribution in [0.2, 0.25) is 0 Å². The van der Waals surface area contributed by atoms with Gasteiger partial charge in [-0.3, -0.25) is 14.6 Å². The predicted molar refractivity (Wildman–Crippen MR) is 126 cm³/mol. The van der Waals surface area contributed by atoms with E-state index >= 15 is 0 Å². The van der Waals surface area contributed by atoms with E-state index in [1.54, 1.807) is 24.3 Å². The van der Waals surface area contributed by atoms with Crippen LogP contribution in [0.25, 0.3) is 0 Å². The van der Waals surface area contributed by atoms with Crippen LogP contribution in [-0.4, -0.2) is 73.7 Å². The van der Waals surface area contributed by atoms with Gasteiger partial charge in [-0.2, -0.15) is 4.31 Å². The second kappa shape index (κ2) is 10.1. The van der Waals surface area contributed by atoms with Crippen molar-refractivity contribution in [1.29, 1.82) is 0 Å². The summed E-state index contributed by atoms with van der Waals surface area (Å²) in [5, 5.41) is 2.94. The lowest BCUT2D eigenvalue weighted by Gasteiger charge is -2.37. The average molecular weight is 457 g/mol. The number of benzene rings is 2. The molecule has 2 aliphatic rings. The highest BCUT2D eigenvalue weighted by Gasteiger charge is 2.28. The number of piperazine rings is 1. The molecule has 0 aliphatic carbocycles. The highest BCUT2D eigenvalue weighted by Crippen LogP contribution is 2.22. The molecule has 7 nitrogen and oxygen atoms in total. The number of hydrogen-bond donors (Lipinski definition) is 1. The smallest absolute Gasteiger partial charge is 0.243 e. The van der Waals surface area contributed by atoms with Gasteiger partial charge in [0.1, 0.15) is 0 Å². The molecule has 0 saturated carbocycles. The Morgan fingerprint density at radius 2 is 1.53 bits per heavy atom. The van der Waals surface area contributed by atoms with Crippen molar-refractivity contribution in [3.05, 3.63) is 60.2 Å². The zero-order chi connectivity index (χ0) is 22.6. The number of rotatable bonds is 7. The molecule has 172 valence electrons. The van der Waals surface area contributed by atoms with Gasteiger partial charge in [-0.1, -0.05) is 30.3 Å². The third-order valence-electron chi connectivity index (χ3n) is 6.41. The Labute approximate surface area is 191 Å². The lowest BCUT2D eigenvalue weighted by molar-refractivity contribution is -0.121. The number of hydrogen-bond acceptors (Lipinski definition) is 5. The first-order chi connectivity index (χ1) is 15.4. The van der Waals surface area contributed by atoms with E-state index in [-0.39, 0.29) is 16.8 Å². The number of nitrogens with zero attached hydrogens (tertiary/aromatic N) is 3. The van der Waals surface area contributed by atoms with Crippen molar-refractivity contribution in [2.75, 3.05) is 44.6 Å². The van der Waals surface area contributed by atoms with Crippen LogP contribution < -0.4 is 5.32 Å². The SMILES string of the molecule is CC(C(=O)Nc1ccc(S(=O)(=O)N2CCCC2)cc1)N1CCN(Cc2ccccc2)CC1. The van der Waals surface area contributed by atoms with E-state index in [0.29, 0.717) is 18.8 Å². The van der Waals surface area contributed by atoms with Gasteiger partial charge >= 0.3 is 0 Å². The highest BCUT2D eigenvalue weighted by molar-refractivity contribution is 7.89. The molecule has 1 N–H and O–H groups in total. The van der Waals surface area contributed by atoms with Gasteiger partial charge in [0.05, 0.1) is 10.9 Å². The maximum Gasteiger partial charge on any atom is 0.243 e. The third-order valence-corrected chi connectivity index (χ3v) is 8.32. The van der Waals surface area contributed by atoms with Crippen molar-refractivity contribution in [2.24, 2.45) is 0 Å². The van der Waals surface area contributed by atoms with E-state index in [2.05, 4.69) is 39.4 Å². The molecule has 2 heterocycles. The summed E-state index contributed by atoms with van der Waals surface area (Å²) in [5.41, 5.74) is 1.92. The fraction of sp³-hybridized carbons (Fsp3) is 0.458. The van der Waals surface area contributed by atoms with Crippen LogP contribution in [0.4, 0.5) is 5.69 Å². The number of nitrogens with one attached hydrogen (secondary N) is 1. The molecule has 0 bridgehead atoms. The lowest BCUT2D eigenvalue weighted by Crippen LogP contribution is -2.52. The minimum absolute atomic E-state index is 0.0725. The Morgan fingerprint density at radius 1 is 0.906 bits per heavy atom. The largest absolute Gasteiger partial charge is 0.325 e. The number of amides is 1. The fourth-order valence-electron chi connectivity index (χ4n) is 4.35. The van der Waals surface area contributed by atoms with Gasteiger partial charge < -0.3 is 5.32 Å². The van der Waals surface area contributed by atoms with Crippen LogP contribution in [0.5, 0.6) is 0 Å². The zero-order valence-electron chi connectivity index (χ0n) is 18.6. The van der Waals surface area contributed by atoms with Gasteiger partial charge in [0.15, 0.2) is 0 Å². The summed E-state index contributed by atoms with van der Waals surface area (Å²) in [4.78, 5) is 17.7. The Kier molecular flexibility index (Phi) is 7.25. The zero-order valence-corrected chi connectivity index (χ0v) is 19.4. The molecule has 2 fully saturated rings. The van der Waals surface area contributed by atoms with Crippen molar-refractivity contribution in [2.45, 2.75) is 37.2 Å². The van der Waals surface area contributed by atoms with Crippen LogP contribution in [-0.2, 0) is 21.4 Å². The molecule has 0 radical (unpaired) electrons. The summed E-state index contributed by atoms with van der Waals surface area (Å²) >= 11 is 0. The normalized spacial score (nSPS) is 19.7. The van der Waals surface area contributed by atoms with Gasteiger partial charge in [0.25, 0.3) is 0 Å². The molecule has 2 aromatic rings. The first-order valence-corrected chi connectivity index (χ1v) is 12.8. The van der Waals surface area contributed by atoms with Crippen LogP contribution in [0, 0.1) is 0 Å². The van der Waals surface area contributed by atoms with Gasteiger partial charge in [0.2, 0.25) is 15.9 Å². The van der Waals surface area contributed by atoms with Crippen LogP contribution >= 0.6 is 0 Å². The molecule has 2 aliphatic heterocycles. The number of carbonyl (C=O) groups excluding carboxylic acids is 1. The quantitative estimate of drug-likeness (QED) is 0.693. The van der Waals surface area contributed by atoms with Crippen LogP contribution in [0.3, 0.4) is 0 Å². The lowest BCUT2D eigenvalue weighted by atomic mass is 10.1. The summed E-state index contributed by atoms with van der Waals surface area (Å²) in [7, 11) is -3.44. The van der Waals surface area contributed by atoms with Gasteiger partial charge in [0, 0.05) is 51.5 Å². The van der Waals surface area contributed by atoms with E-state index in [9.17, 15) is 13.2 Å². The van der Waals surface area contributed by atoms with Crippen molar-refractivity contribution in [3.63, 3.8) is 0 Å². The monoisotopic (exact) mass is 456 g/mol. The van der Waals surface area contributed by atoms with E-state index in [1.165, 1.54) is 9.87 Å². The molecule has 1 amide bonds. The van der Waals surface area contributed by atoms with E-state index in [1.807, 2.05) is 13.0 Å². The minimum Gasteiger partial charge on any atom is -0.325 e. The Balaban J connectivity index is 1.28. The van der Waals surface area contributed by atoms with E-state index in [0.717, 1.165) is 45.6 Å². The molecule has 32 heavy (non-hydrogen) atoms. The third kappa shape index (κ3) is 5.38. The predicted octanol–water partition coefficient (Wildman–Crippen LogP) is 2.62. The number of carbonyl (C=O) groups is 1. The summed E-state index contributed by atoms with van der Waals surface area (Å²) < 4.78 is 26.8. The Morgan fingerprint density at radius 3 is 2.16 bits per heavy atom. The second-order valence-corrected chi connectivity index (χ2v) is 10.5. The van der Waals surface area contributed by atoms with Gasteiger partial charge in [-0.05, 0) is 49.6 Å². The fourth-order valence-corrected chi connectivity index (χ4v) is 5.87. The van der Waals surface area contributed by atoms with Crippen molar-refractivity contribution in [1.82, 2.24) is 14.1 Å². The average Bonchev–Trinajstić information content (AvgIpc) is 3.36. The minimum atomic E-state index is -3.44. The van der Waals surface area contributed by atoms with Crippen molar-refractivity contribution < 1.29 is 13.2 Å². The summed E-state index contributed by atoms with van der Waals surface area (Å²) in [6.45, 7) is 7.55. The number of anilines is 1. The van der Waals surface area contributed by atoms with Crippen LogP contribution in [0.1, 0.15) is 25.3 Å². The molecular formula is C24H32N4O3S. The molecule has 2 aromatic carbocycles. The van der Waals surface area contributed by atoms with Crippen molar-refractivity contribution in [3.8, 4) is 0 Å². The molecular weight excluding hydrogens is 424 g/mol. The topological polar surface area (TPSA) is 73.0 Å². The molecule has 1 atom stereocenters. The summed E-state index contributed by atoms with van der Waals surface area (Å²) in [6, 6.07) is 16.7. The Bertz CT molecular complexity index is 997. The molecule has 1 unspecified atom stereocenters. The van der Waals surface area contributed by atoms with Crippen LogP contribution in [0.15, 0.2) is 59.5 Å². The highest BCUT2D eigenvalue weighted by atomic mass is 32.2. The molecule has 4 rings (SSSR count). The Hall–Kier alpha value is -2.26.